The van der Waals surface area contributed by atoms with Crippen LogP contribution in [-0.2, 0) is 6.42 Å². The van der Waals surface area contributed by atoms with Crippen molar-refractivity contribution in [3.63, 3.8) is 0 Å². The van der Waals surface area contributed by atoms with Crippen LogP contribution in [0.2, 0.25) is 5.02 Å². The van der Waals surface area contributed by atoms with E-state index in [4.69, 9.17) is 23.8 Å². The Morgan fingerprint density at radius 2 is 2.00 bits per heavy atom. The van der Waals surface area contributed by atoms with Gasteiger partial charge in [0, 0.05) is 10.2 Å². The molecule has 2 rings (SSSR count). The van der Waals surface area contributed by atoms with Crippen LogP contribution in [0.3, 0.4) is 0 Å². The van der Waals surface area contributed by atoms with Crippen molar-refractivity contribution in [1.82, 2.24) is 0 Å². The average molecular weight is 384 g/mol. The van der Waals surface area contributed by atoms with Gasteiger partial charge in [0.1, 0.15) is 0 Å². The Kier molecular flexibility index (Phi) is 5.62. The van der Waals surface area contributed by atoms with E-state index in [0.29, 0.717) is 10.1 Å². The number of rotatable bonds is 3. The van der Waals surface area contributed by atoms with E-state index in [1.165, 1.54) is 11.1 Å². The fraction of sp³-hybridized carbons (Fsp3) is 0.188. The summed E-state index contributed by atoms with van der Waals surface area (Å²) in [5.41, 5.74) is 4.25. The zero-order valence-electron chi connectivity index (χ0n) is 11.8. The monoisotopic (exact) mass is 382 g/mol. The molecule has 0 unspecified atom stereocenters. The van der Waals surface area contributed by atoms with Crippen molar-refractivity contribution >= 4 is 56.2 Å². The van der Waals surface area contributed by atoms with Gasteiger partial charge < -0.3 is 10.6 Å². The highest BCUT2D eigenvalue weighted by atomic mass is 79.9. The zero-order valence-corrected chi connectivity index (χ0v) is 15.0. The summed E-state index contributed by atoms with van der Waals surface area (Å²) in [6.07, 6.45) is 0.950. The van der Waals surface area contributed by atoms with E-state index in [-0.39, 0.29) is 0 Å². The molecule has 0 bridgehead atoms. The summed E-state index contributed by atoms with van der Waals surface area (Å²) in [6, 6.07) is 11.9. The zero-order chi connectivity index (χ0) is 15.4. The highest BCUT2D eigenvalue weighted by Crippen LogP contribution is 2.26. The molecular weight excluding hydrogens is 368 g/mol. The second kappa shape index (κ2) is 7.25. The molecule has 0 aliphatic carbocycles. The first-order valence-corrected chi connectivity index (χ1v) is 8.20. The van der Waals surface area contributed by atoms with Crippen molar-refractivity contribution in [1.29, 1.82) is 0 Å². The van der Waals surface area contributed by atoms with Crippen LogP contribution in [0.1, 0.15) is 18.1 Å². The first-order chi connectivity index (χ1) is 10.0. The highest BCUT2D eigenvalue weighted by Gasteiger charge is 2.08. The molecule has 0 saturated carbocycles. The summed E-state index contributed by atoms with van der Waals surface area (Å²) in [5.74, 6) is 0. The molecule has 0 aliphatic rings. The summed E-state index contributed by atoms with van der Waals surface area (Å²) in [4.78, 5) is 0. The molecule has 0 fully saturated rings. The maximum absolute atomic E-state index is 6.19. The minimum atomic E-state index is 0.531. The molecule has 110 valence electrons. The third-order valence-corrected chi connectivity index (χ3v) is 4.17. The van der Waals surface area contributed by atoms with Crippen molar-refractivity contribution in [2.45, 2.75) is 20.3 Å². The summed E-state index contributed by atoms with van der Waals surface area (Å²) in [5, 5.41) is 7.55. The van der Waals surface area contributed by atoms with Crippen molar-refractivity contribution in [3.8, 4) is 0 Å². The fourth-order valence-electron chi connectivity index (χ4n) is 2.06. The maximum atomic E-state index is 6.19. The molecule has 0 saturated heterocycles. The van der Waals surface area contributed by atoms with Gasteiger partial charge in [0.15, 0.2) is 5.11 Å². The van der Waals surface area contributed by atoms with E-state index < -0.39 is 0 Å². The van der Waals surface area contributed by atoms with Gasteiger partial charge in [0.2, 0.25) is 0 Å². The Bertz CT molecular complexity index is 673. The lowest BCUT2D eigenvalue weighted by Gasteiger charge is -2.16. The number of thiocarbonyl (C=S) groups is 1. The SMILES string of the molecule is CCc1cccc(C)c1NC(=S)Nc1ccc(Br)cc1Cl. The Balaban J connectivity index is 2.15. The first-order valence-electron chi connectivity index (χ1n) is 6.62. The Morgan fingerprint density at radius 3 is 2.67 bits per heavy atom. The third kappa shape index (κ3) is 4.19. The third-order valence-electron chi connectivity index (χ3n) is 3.16. The van der Waals surface area contributed by atoms with Crippen LogP contribution < -0.4 is 10.6 Å². The van der Waals surface area contributed by atoms with Crippen molar-refractivity contribution in [2.24, 2.45) is 0 Å². The quantitative estimate of drug-likeness (QED) is 0.657. The molecule has 0 spiro atoms. The number of halogens is 2. The van der Waals surface area contributed by atoms with E-state index >= 15 is 0 Å². The molecule has 2 N–H and O–H groups in total. The smallest absolute Gasteiger partial charge is 0.175 e. The molecule has 0 radical (unpaired) electrons. The van der Waals surface area contributed by atoms with Crippen LogP contribution in [0, 0.1) is 6.92 Å². The van der Waals surface area contributed by atoms with Crippen LogP contribution in [0.25, 0.3) is 0 Å². The Morgan fingerprint density at radius 1 is 1.24 bits per heavy atom. The van der Waals surface area contributed by atoms with Gasteiger partial charge in [-0.2, -0.15) is 0 Å². The Labute approximate surface area is 144 Å². The number of hydrogen-bond acceptors (Lipinski definition) is 1. The Hall–Kier alpha value is -1.10. The molecular formula is C16H16BrClN2S. The predicted molar refractivity (Wildman–Crippen MR) is 99.6 cm³/mol. The molecule has 0 aliphatic heterocycles. The second-order valence-electron chi connectivity index (χ2n) is 4.67. The van der Waals surface area contributed by atoms with Crippen LogP contribution >= 0.6 is 39.7 Å². The van der Waals surface area contributed by atoms with Crippen LogP contribution in [0.5, 0.6) is 0 Å². The van der Waals surface area contributed by atoms with Gasteiger partial charge >= 0.3 is 0 Å². The molecule has 2 aromatic carbocycles. The van der Waals surface area contributed by atoms with E-state index in [1.54, 1.807) is 0 Å². The summed E-state index contributed by atoms with van der Waals surface area (Å²) in [6.45, 7) is 4.19. The van der Waals surface area contributed by atoms with Gasteiger partial charge in [-0.25, -0.2) is 0 Å². The molecule has 0 heterocycles. The van der Waals surface area contributed by atoms with Crippen LogP contribution in [-0.4, -0.2) is 5.11 Å². The standard InChI is InChI=1S/C16H16BrClN2S/c1-3-11-6-4-5-10(2)15(11)20-16(21)19-14-8-7-12(17)9-13(14)18/h4-9H,3H2,1-2H3,(H2,19,20,21). The van der Waals surface area contributed by atoms with Gasteiger partial charge in [-0.1, -0.05) is 52.7 Å². The maximum Gasteiger partial charge on any atom is 0.175 e. The number of para-hydroxylation sites is 1. The lowest BCUT2D eigenvalue weighted by Crippen LogP contribution is -2.20. The minimum absolute atomic E-state index is 0.531. The number of anilines is 2. The molecule has 0 atom stereocenters. The van der Waals surface area contributed by atoms with E-state index in [9.17, 15) is 0 Å². The molecule has 0 amide bonds. The normalized spacial score (nSPS) is 10.3. The van der Waals surface area contributed by atoms with Crippen molar-refractivity contribution in [3.05, 3.63) is 57.0 Å². The summed E-state index contributed by atoms with van der Waals surface area (Å²) in [7, 11) is 0. The molecule has 2 nitrogen and oxygen atoms in total. The lowest BCUT2D eigenvalue weighted by molar-refractivity contribution is 1.13. The van der Waals surface area contributed by atoms with Crippen molar-refractivity contribution < 1.29 is 0 Å². The average Bonchev–Trinajstić information content (AvgIpc) is 2.44. The fourth-order valence-corrected chi connectivity index (χ4v) is 2.99. The molecule has 21 heavy (non-hydrogen) atoms. The van der Waals surface area contributed by atoms with Gasteiger partial charge in [-0.15, -0.1) is 0 Å². The summed E-state index contributed by atoms with van der Waals surface area (Å²) >= 11 is 15.0. The molecule has 5 heteroatoms. The minimum Gasteiger partial charge on any atom is -0.332 e. The van der Waals surface area contributed by atoms with Gasteiger partial charge in [-0.05, 0) is 54.9 Å². The van der Waals surface area contributed by atoms with Crippen molar-refractivity contribution in [2.75, 3.05) is 10.6 Å². The van der Waals surface area contributed by atoms with E-state index in [2.05, 4.69) is 58.6 Å². The largest absolute Gasteiger partial charge is 0.332 e. The topological polar surface area (TPSA) is 24.1 Å². The van der Waals surface area contributed by atoms with Gasteiger partial charge in [-0.3, -0.25) is 0 Å². The number of benzene rings is 2. The lowest BCUT2D eigenvalue weighted by atomic mass is 10.1. The van der Waals surface area contributed by atoms with Gasteiger partial charge in [0.05, 0.1) is 10.7 Å². The van der Waals surface area contributed by atoms with Crippen LogP contribution in [0.15, 0.2) is 40.9 Å². The highest BCUT2D eigenvalue weighted by molar-refractivity contribution is 9.10. The van der Waals surface area contributed by atoms with E-state index in [0.717, 1.165) is 22.3 Å². The first kappa shape index (κ1) is 16.3. The van der Waals surface area contributed by atoms with Crippen LogP contribution in [0.4, 0.5) is 11.4 Å². The molecule has 0 aromatic heterocycles. The second-order valence-corrected chi connectivity index (χ2v) is 6.40. The number of nitrogens with one attached hydrogen (secondary N) is 2. The van der Waals surface area contributed by atoms with Gasteiger partial charge in [0.25, 0.3) is 0 Å². The molecule has 2 aromatic rings. The summed E-state index contributed by atoms with van der Waals surface area (Å²) < 4.78 is 0.934. The number of hydrogen-bond donors (Lipinski definition) is 2. The number of aryl methyl sites for hydroxylation is 2. The predicted octanol–water partition coefficient (Wildman–Crippen LogP) is 5.78. The van der Waals surface area contributed by atoms with E-state index in [1.807, 2.05) is 18.2 Å².